The summed E-state index contributed by atoms with van der Waals surface area (Å²) in [5, 5.41) is 0. The van der Waals surface area contributed by atoms with E-state index in [0.29, 0.717) is 0 Å². The van der Waals surface area contributed by atoms with Crippen LogP contribution in [0.1, 0.15) is 20.8 Å². The minimum atomic E-state index is 0. The first kappa shape index (κ1) is 16.8. The van der Waals surface area contributed by atoms with Gasteiger partial charge in [-0.25, -0.2) is 0 Å². The zero-order valence-corrected chi connectivity index (χ0v) is 9.91. The molecule has 1 radical (unpaired) electrons. The second-order valence-electron chi connectivity index (χ2n) is 0. The van der Waals surface area contributed by atoms with Crippen molar-refractivity contribution in [3.05, 3.63) is 6.92 Å². The van der Waals surface area contributed by atoms with Crippen LogP contribution in [0.3, 0.4) is 0 Å². The predicted molar refractivity (Wildman–Crippen MR) is 22.4 cm³/mol. The molecule has 0 N–H and O–H groups in total. The zero-order chi connectivity index (χ0) is 4.00. The average molecular weight is 260 g/mol. The Morgan fingerprint density at radius 3 is 1.00 bits per heavy atom. The number of rotatable bonds is 0. The van der Waals surface area contributed by atoms with E-state index in [9.17, 15) is 0 Å². The van der Waals surface area contributed by atoms with Crippen molar-refractivity contribution < 1.29 is 27.7 Å². The van der Waals surface area contributed by atoms with Crippen LogP contribution in [0.5, 0.6) is 0 Å². The van der Waals surface area contributed by atoms with E-state index in [1.54, 1.807) is 6.92 Å². The summed E-state index contributed by atoms with van der Waals surface area (Å²) in [6.45, 7) is 9.00. The van der Waals surface area contributed by atoms with Crippen LogP contribution in [0.15, 0.2) is 0 Å². The summed E-state index contributed by atoms with van der Waals surface area (Å²) in [7, 11) is 0. The summed E-state index contributed by atoms with van der Waals surface area (Å²) >= 11 is 0. The topological polar surface area (TPSA) is 0 Å². The first-order chi connectivity index (χ1) is 2.00. The molecular formula is C4H11Hg. The third-order valence-corrected chi connectivity index (χ3v) is 0. The van der Waals surface area contributed by atoms with Crippen molar-refractivity contribution in [2.75, 3.05) is 0 Å². The van der Waals surface area contributed by atoms with Gasteiger partial charge in [-0.2, -0.15) is 0 Å². The fourth-order valence-corrected chi connectivity index (χ4v) is 0. The third-order valence-electron chi connectivity index (χ3n) is 0. The molecule has 0 spiro atoms. The van der Waals surface area contributed by atoms with Gasteiger partial charge < -0.3 is 0 Å². The summed E-state index contributed by atoms with van der Waals surface area (Å²) in [5.41, 5.74) is 0. The summed E-state index contributed by atoms with van der Waals surface area (Å²) in [6, 6.07) is 0. The predicted octanol–water partition coefficient (Wildman–Crippen LogP) is 1.86. The van der Waals surface area contributed by atoms with Gasteiger partial charge in [0.1, 0.15) is 0 Å². The van der Waals surface area contributed by atoms with Crippen LogP contribution in [-0.2, 0) is 27.7 Å². The molecular weight excluding hydrogens is 249 g/mol. The fraction of sp³-hybridized carbons (Fsp3) is 0.750. The van der Waals surface area contributed by atoms with E-state index in [1.807, 2.05) is 13.8 Å². The molecule has 0 amide bonds. The minimum Gasteiger partial charge on any atom is -0.0683 e. The first-order valence-corrected chi connectivity index (χ1v) is 1.71. The van der Waals surface area contributed by atoms with Gasteiger partial charge in [-0.05, 0) is 0 Å². The Morgan fingerprint density at radius 2 is 1.00 bits per heavy atom. The SMILES string of the molecule is CC.[CH2]C.[Hg]. The normalized spacial score (nSPS) is 2.40. The summed E-state index contributed by atoms with van der Waals surface area (Å²) in [5.74, 6) is 0. The summed E-state index contributed by atoms with van der Waals surface area (Å²) in [6.07, 6.45) is 0. The molecule has 1 heteroatoms. The van der Waals surface area contributed by atoms with Crippen LogP contribution in [0, 0.1) is 6.92 Å². The Kier molecular flexibility index (Phi) is 293. The van der Waals surface area contributed by atoms with E-state index in [4.69, 9.17) is 0 Å². The van der Waals surface area contributed by atoms with Crippen LogP contribution in [0.4, 0.5) is 0 Å². The Balaban J connectivity index is -0.0000000133. The van der Waals surface area contributed by atoms with Gasteiger partial charge in [0.05, 0.1) is 0 Å². The molecule has 0 aliphatic heterocycles. The van der Waals surface area contributed by atoms with Crippen LogP contribution in [0.2, 0.25) is 0 Å². The second-order valence-corrected chi connectivity index (χ2v) is 0. The first-order valence-electron chi connectivity index (χ1n) is 1.71. The van der Waals surface area contributed by atoms with Gasteiger partial charge in [0, 0.05) is 27.7 Å². The molecule has 0 aliphatic carbocycles. The second kappa shape index (κ2) is 87.4. The van der Waals surface area contributed by atoms with E-state index in [2.05, 4.69) is 6.92 Å². The van der Waals surface area contributed by atoms with Crippen LogP contribution < -0.4 is 0 Å². The minimum absolute atomic E-state index is 0. The fourth-order valence-electron chi connectivity index (χ4n) is 0. The van der Waals surface area contributed by atoms with Crippen LogP contribution in [-0.4, -0.2) is 0 Å². The van der Waals surface area contributed by atoms with E-state index in [0.717, 1.165) is 0 Å². The van der Waals surface area contributed by atoms with Crippen molar-refractivity contribution in [2.24, 2.45) is 0 Å². The maximum Gasteiger partial charge on any atom is 0 e. The zero-order valence-electron chi connectivity index (χ0n) is 4.41. The molecule has 0 rings (SSSR count). The maximum absolute atomic E-state index is 3.25. The van der Waals surface area contributed by atoms with Gasteiger partial charge in [0.2, 0.25) is 0 Å². The van der Waals surface area contributed by atoms with E-state index in [-0.39, 0.29) is 27.7 Å². The van der Waals surface area contributed by atoms with Crippen molar-refractivity contribution in [2.45, 2.75) is 20.8 Å². The molecule has 5 heavy (non-hydrogen) atoms. The molecule has 0 aromatic heterocycles. The number of hydrogen-bond acceptors (Lipinski definition) is 0. The average Bonchev–Trinajstić information content (AvgIpc) is 1.50. The van der Waals surface area contributed by atoms with Gasteiger partial charge >= 0.3 is 0 Å². The van der Waals surface area contributed by atoms with Crippen molar-refractivity contribution in [3.8, 4) is 0 Å². The molecule has 29 valence electrons. The molecule has 0 nitrogen and oxygen atoms in total. The van der Waals surface area contributed by atoms with Crippen LogP contribution in [0.25, 0.3) is 0 Å². The molecule has 0 aromatic carbocycles. The molecule has 0 atom stereocenters. The standard InChI is InChI=1S/C2H6.C2H5.Hg/c2*1-2;/h1-2H3;1H2,2H3;. The van der Waals surface area contributed by atoms with Crippen molar-refractivity contribution >= 4 is 0 Å². The van der Waals surface area contributed by atoms with E-state index < -0.39 is 0 Å². The van der Waals surface area contributed by atoms with E-state index in [1.165, 1.54) is 0 Å². The van der Waals surface area contributed by atoms with Crippen molar-refractivity contribution in [3.63, 3.8) is 0 Å². The van der Waals surface area contributed by atoms with Gasteiger partial charge in [-0.1, -0.05) is 27.7 Å². The Hall–Kier alpha value is 0.935. The van der Waals surface area contributed by atoms with Gasteiger partial charge in [0.25, 0.3) is 0 Å². The monoisotopic (exact) mass is 261 g/mol. The molecule has 0 aromatic rings. The van der Waals surface area contributed by atoms with Crippen molar-refractivity contribution in [1.29, 1.82) is 0 Å². The quantitative estimate of drug-likeness (QED) is 0.583. The molecule has 0 saturated heterocycles. The van der Waals surface area contributed by atoms with Gasteiger partial charge in [0.15, 0.2) is 0 Å². The molecule has 0 fully saturated rings. The smallest absolute Gasteiger partial charge is 0 e. The largest absolute Gasteiger partial charge is 0.0683 e. The number of hydrogen-bond donors (Lipinski definition) is 0. The van der Waals surface area contributed by atoms with Crippen molar-refractivity contribution in [1.82, 2.24) is 0 Å². The summed E-state index contributed by atoms with van der Waals surface area (Å²) < 4.78 is 0. The maximum atomic E-state index is 3.25. The Morgan fingerprint density at radius 1 is 1.00 bits per heavy atom. The molecule has 0 aliphatic rings. The molecule has 0 unspecified atom stereocenters. The van der Waals surface area contributed by atoms with Gasteiger partial charge in [-0.15, -0.1) is 0 Å². The molecule has 0 heterocycles. The van der Waals surface area contributed by atoms with Gasteiger partial charge in [-0.3, -0.25) is 0 Å². The molecule has 0 bridgehead atoms. The molecule has 0 saturated carbocycles. The third kappa shape index (κ3) is 48.6. The Labute approximate surface area is 55.5 Å². The van der Waals surface area contributed by atoms with E-state index >= 15 is 0 Å². The summed E-state index contributed by atoms with van der Waals surface area (Å²) in [4.78, 5) is 0. The van der Waals surface area contributed by atoms with Crippen LogP contribution >= 0.6 is 0 Å². The Bertz CT molecular complexity index is 3.61.